The summed E-state index contributed by atoms with van der Waals surface area (Å²) in [6.45, 7) is 9.48. The molecule has 70 valence electrons. The number of rotatable bonds is 5. The Morgan fingerprint density at radius 1 is 1.50 bits per heavy atom. The molecule has 0 fully saturated rings. The summed E-state index contributed by atoms with van der Waals surface area (Å²) in [6, 6.07) is 0. The van der Waals surface area contributed by atoms with E-state index < -0.39 is 5.97 Å². The quantitative estimate of drug-likeness (QED) is 0.644. The van der Waals surface area contributed by atoms with Crippen molar-refractivity contribution in [3.8, 4) is 0 Å². The lowest BCUT2D eigenvalue weighted by Crippen LogP contribution is -2.18. The highest BCUT2D eigenvalue weighted by Gasteiger charge is 2.18. The van der Waals surface area contributed by atoms with Gasteiger partial charge >= 0.3 is 5.97 Å². The standard InChI is InChI=1S/C10H18O2/c1-7(2)5-6-8(3)9(4)10(11)12/h8-9H,1,5-6H2,2-4H3,(H,11,12). The average molecular weight is 170 g/mol. The van der Waals surface area contributed by atoms with Crippen molar-refractivity contribution in [3.63, 3.8) is 0 Å². The zero-order valence-corrected chi connectivity index (χ0v) is 8.13. The summed E-state index contributed by atoms with van der Waals surface area (Å²) >= 11 is 0. The third-order valence-corrected chi connectivity index (χ3v) is 2.27. The van der Waals surface area contributed by atoms with Gasteiger partial charge in [-0.15, -0.1) is 6.58 Å². The lowest BCUT2D eigenvalue weighted by Gasteiger charge is -2.15. The first-order valence-electron chi connectivity index (χ1n) is 4.32. The fourth-order valence-electron chi connectivity index (χ4n) is 0.967. The average Bonchev–Trinajstić information content (AvgIpc) is 1.98. The molecular weight excluding hydrogens is 152 g/mol. The van der Waals surface area contributed by atoms with Crippen LogP contribution in [0.4, 0.5) is 0 Å². The molecule has 0 spiro atoms. The van der Waals surface area contributed by atoms with Crippen molar-refractivity contribution in [1.82, 2.24) is 0 Å². The van der Waals surface area contributed by atoms with Crippen LogP contribution in [0.3, 0.4) is 0 Å². The van der Waals surface area contributed by atoms with E-state index >= 15 is 0 Å². The first-order valence-corrected chi connectivity index (χ1v) is 4.32. The van der Waals surface area contributed by atoms with E-state index in [1.165, 1.54) is 0 Å². The van der Waals surface area contributed by atoms with E-state index in [4.69, 9.17) is 5.11 Å². The SMILES string of the molecule is C=C(C)CCC(C)C(C)C(=O)O. The van der Waals surface area contributed by atoms with Crippen molar-refractivity contribution in [2.75, 3.05) is 0 Å². The Kier molecular flexibility index (Phi) is 4.64. The van der Waals surface area contributed by atoms with Crippen molar-refractivity contribution in [1.29, 1.82) is 0 Å². The normalized spacial score (nSPS) is 15.2. The van der Waals surface area contributed by atoms with Crippen LogP contribution < -0.4 is 0 Å². The minimum Gasteiger partial charge on any atom is -0.481 e. The summed E-state index contributed by atoms with van der Waals surface area (Å²) in [6.07, 6.45) is 1.85. The maximum atomic E-state index is 10.6. The van der Waals surface area contributed by atoms with Crippen LogP contribution >= 0.6 is 0 Å². The predicted molar refractivity (Wildman–Crippen MR) is 50.0 cm³/mol. The van der Waals surface area contributed by atoms with E-state index in [2.05, 4.69) is 6.58 Å². The summed E-state index contributed by atoms with van der Waals surface area (Å²) in [5.41, 5.74) is 1.12. The second-order valence-corrected chi connectivity index (χ2v) is 3.60. The summed E-state index contributed by atoms with van der Waals surface area (Å²) in [7, 11) is 0. The Morgan fingerprint density at radius 2 is 2.00 bits per heavy atom. The van der Waals surface area contributed by atoms with Crippen molar-refractivity contribution in [2.24, 2.45) is 11.8 Å². The van der Waals surface area contributed by atoms with Crippen LogP contribution in [-0.2, 0) is 4.79 Å². The van der Waals surface area contributed by atoms with Crippen LogP contribution in [0.1, 0.15) is 33.6 Å². The molecule has 0 aliphatic carbocycles. The maximum Gasteiger partial charge on any atom is 0.306 e. The molecule has 0 radical (unpaired) electrons. The second-order valence-electron chi connectivity index (χ2n) is 3.60. The molecule has 2 nitrogen and oxygen atoms in total. The number of carbonyl (C=O) groups is 1. The van der Waals surface area contributed by atoms with Crippen molar-refractivity contribution >= 4 is 5.97 Å². The Balaban J connectivity index is 3.79. The van der Waals surface area contributed by atoms with Gasteiger partial charge in [0.1, 0.15) is 0 Å². The van der Waals surface area contributed by atoms with E-state index in [0.29, 0.717) is 0 Å². The summed E-state index contributed by atoms with van der Waals surface area (Å²) in [5.74, 6) is -0.715. The van der Waals surface area contributed by atoms with Gasteiger partial charge in [-0.3, -0.25) is 4.79 Å². The Labute approximate surface area is 74.3 Å². The van der Waals surface area contributed by atoms with Crippen LogP contribution in [0.15, 0.2) is 12.2 Å². The van der Waals surface area contributed by atoms with Gasteiger partial charge in [0.15, 0.2) is 0 Å². The van der Waals surface area contributed by atoms with Crippen molar-refractivity contribution < 1.29 is 9.90 Å². The lowest BCUT2D eigenvalue weighted by molar-refractivity contribution is -0.142. The summed E-state index contributed by atoms with van der Waals surface area (Å²) in [4.78, 5) is 10.6. The van der Waals surface area contributed by atoms with Gasteiger partial charge < -0.3 is 5.11 Å². The van der Waals surface area contributed by atoms with E-state index in [9.17, 15) is 4.79 Å². The number of hydrogen-bond donors (Lipinski definition) is 1. The molecule has 0 rings (SSSR count). The molecule has 2 heteroatoms. The summed E-state index contributed by atoms with van der Waals surface area (Å²) < 4.78 is 0. The zero-order chi connectivity index (χ0) is 9.72. The molecule has 0 aliphatic rings. The van der Waals surface area contributed by atoms with Crippen LogP contribution in [0.25, 0.3) is 0 Å². The van der Waals surface area contributed by atoms with Gasteiger partial charge in [-0.05, 0) is 25.7 Å². The molecule has 0 saturated heterocycles. The van der Waals surface area contributed by atoms with Gasteiger partial charge in [-0.25, -0.2) is 0 Å². The van der Waals surface area contributed by atoms with E-state index in [0.717, 1.165) is 18.4 Å². The minimum atomic E-state index is -0.704. The monoisotopic (exact) mass is 170 g/mol. The third-order valence-electron chi connectivity index (χ3n) is 2.27. The lowest BCUT2D eigenvalue weighted by atomic mass is 9.90. The summed E-state index contributed by atoms with van der Waals surface area (Å²) in [5, 5.41) is 8.70. The molecule has 0 aromatic rings. The smallest absolute Gasteiger partial charge is 0.306 e. The number of carboxylic acid groups (broad SMARTS) is 1. The van der Waals surface area contributed by atoms with Crippen LogP contribution in [0, 0.1) is 11.8 Å². The molecular formula is C10H18O2. The minimum absolute atomic E-state index is 0.235. The Hall–Kier alpha value is -0.790. The molecule has 2 unspecified atom stereocenters. The second kappa shape index (κ2) is 4.96. The van der Waals surface area contributed by atoms with E-state index in [1.54, 1.807) is 6.92 Å². The van der Waals surface area contributed by atoms with Gasteiger partial charge in [0.25, 0.3) is 0 Å². The first kappa shape index (κ1) is 11.2. The van der Waals surface area contributed by atoms with Crippen molar-refractivity contribution in [2.45, 2.75) is 33.6 Å². The molecule has 0 aliphatic heterocycles. The molecule has 12 heavy (non-hydrogen) atoms. The number of carboxylic acids is 1. The molecule has 0 saturated carbocycles. The van der Waals surface area contributed by atoms with Gasteiger partial charge in [0, 0.05) is 0 Å². The molecule has 0 heterocycles. The molecule has 2 atom stereocenters. The highest BCUT2D eigenvalue weighted by Crippen LogP contribution is 2.18. The highest BCUT2D eigenvalue weighted by atomic mass is 16.4. The maximum absolute atomic E-state index is 10.6. The largest absolute Gasteiger partial charge is 0.481 e. The topological polar surface area (TPSA) is 37.3 Å². The number of hydrogen-bond acceptors (Lipinski definition) is 1. The number of allylic oxidation sites excluding steroid dienone is 1. The zero-order valence-electron chi connectivity index (χ0n) is 8.13. The van der Waals surface area contributed by atoms with Crippen LogP contribution in [-0.4, -0.2) is 11.1 Å². The van der Waals surface area contributed by atoms with Crippen LogP contribution in [0.5, 0.6) is 0 Å². The van der Waals surface area contributed by atoms with Crippen molar-refractivity contribution in [3.05, 3.63) is 12.2 Å². The number of aliphatic carboxylic acids is 1. The fraction of sp³-hybridized carbons (Fsp3) is 0.700. The molecule has 0 aromatic heterocycles. The molecule has 0 aromatic carbocycles. The van der Waals surface area contributed by atoms with Gasteiger partial charge in [0.05, 0.1) is 5.92 Å². The van der Waals surface area contributed by atoms with E-state index in [1.807, 2.05) is 13.8 Å². The highest BCUT2D eigenvalue weighted by molar-refractivity contribution is 5.69. The molecule has 0 bridgehead atoms. The third kappa shape index (κ3) is 4.16. The predicted octanol–water partition coefficient (Wildman–Crippen LogP) is 2.70. The van der Waals surface area contributed by atoms with Gasteiger partial charge in [0.2, 0.25) is 0 Å². The first-order chi connectivity index (χ1) is 5.45. The molecule has 0 amide bonds. The van der Waals surface area contributed by atoms with Crippen LogP contribution in [0.2, 0.25) is 0 Å². The van der Waals surface area contributed by atoms with Gasteiger partial charge in [-0.1, -0.05) is 19.4 Å². The molecule has 1 N–H and O–H groups in total. The fourth-order valence-corrected chi connectivity index (χ4v) is 0.967. The van der Waals surface area contributed by atoms with Gasteiger partial charge in [-0.2, -0.15) is 0 Å². The van der Waals surface area contributed by atoms with E-state index in [-0.39, 0.29) is 11.8 Å². The Morgan fingerprint density at radius 3 is 2.33 bits per heavy atom. The Bertz CT molecular complexity index is 173.